The lowest BCUT2D eigenvalue weighted by atomic mass is 10.1. The van der Waals surface area contributed by atoms with Crippen molar-refractivity contribution in [2.45, 2.75) is 13.3 Å². The van der Waals surface area contributed by atoms with Crippen LogP contribution in [0.3, 0.4) is 0 Å². The Hall–Kier alpha value is -3.15. The number of ether oxygens (including phenoxy) is 1. The van der Waals surface area contributed by atoms with Crippen molar-refractivity contribution in [1.29, 1.82) is 0 Å². The van der Waals surface area contributed by atoms with Gasteiger partial charge in [0.1, 0.15) is 5.75 Å². The number of amides is 1. The van der Waals surface area contributed by atoms with Crippen LogP contribution in [0.4, 0.5) is 11.6 Å². The number of para-hydroxylation sites is 2. The molecule has 1 aliphatic heterocycles. The van der Waals surface area contributed by atoms with Crippen molar-refractivity contribution < 1.29 is 9.53 Å². The van der Waals surface area contributed by atoms with Gasteiger partial charge in [-0.3, -0.25) is 9.69 Å². The van der Waals surface area contributed by atoms with Gasteiger partial charge in [-0.15, -0.1) is 0 Å². The maximum absolute atomic E-state index is 13.3. The van der Waals surface area contributed by atoms with Crippen molar-refractivity contribution in [3.05, 3.63) is 53.6 Å². The predicted molar refractivity (Wildman–Crippen MR) is 107 cm³/mol. The maximum Gasteiger partial charge on any atom is 0.259 e. The smallest absolute Gasteiger partial charge is 0.259 e. The van der Waals surface area contributed by atoms with Crippen LogP contribution in [0, 0.1) is 6.92 Å². The van der Waals surface area contributed by atoms with E-state index < -0.39 is 0 Å². The molecule has 0 radical (unpaired) electrons. The number of carbonyl (C=O) groups excluding carboxylic acids is 1. The minimum Gasteiger partial charge on any atom is -0.496 e. The van der Waals surface area contributed by atoms with Crippen molar-refractivity contribution in [1.82, 2.24) is 9.97 Å². The van der Waals surface area contributed by atoms with Crippen LogP contribution in [-0.2, 0) is 0 Å². The summed E-state index contributed by atoms with van der Waals surface area (Å²) >= 11 is 0. The SMILES string of the molecule is COc1cc(C(=O)N2CCCN(C)c3nc4ccccc4nc32)ccc1C. The van der Waals surface area contributed by atoms with E-state index in [9.17, 15) is 4.79 Å². The first-order valence-corrected chi connectivity index (χ1v) is 9.03. The van der Waals surface area contributed by atoms with E-state index in [0.717, 1.165) is 35.4 Å². The molecule has 0 N–H and O–H groups in total. The molecule has 4 rings (SSSR count). The molecule has 2 aromatic carbocycles. The van der Waals surface area contributed by atoms with Gasteiger partial charge in [0, 0.05) is 25.7 Å². The minimum atomic E-state index is -0.0885. The molecule has 138 valence electrons. The van der Waals surface area contributed by atoms with Crippen molar-refractivity contribution in [2.24, 2.45) is 0 Å². The molecule has 27 heavy (non-hydrogen) atoms. The van der Waals surface area contributed by atoms with Crippen molar-refractivity contribution in [3.63, 3.8) is 0 Å². The highest BCUT2D eigenvalue weighted by Gasteiger charge is 2.27. The van der Waals surface area contributed by atoms with Gasteiger partial charge in [-0.1, -0.05) is 18.2 Å². The summed E-state index contributed by atoms with van der Waals surface area (Å²) in [6, 6.07) is 13.3. The lowest BCUT2D eigenvalue weighted by Gasteiger charge is -2.23. The van der Waals surface area contributed by atoms with Gasteiger partial charge in [0.15, 0.2) is 11.6 Å². The molecule has 0 unspecified atom stereocenters. The highest BCUT2D eigenvalue weighted by Crippen LogP contribution is 2.31. The van der Waals surface area contributed by atoms with Gasteiger partial charge < -0.3 is 9.64 Å². The molecule has 0 atom stereocenters. The van der Waals surface area contributed by atoms with Gasteiger partial charge >= 0.3 is 0 Å². The molecule has 1 amide bonds. The van der Waals surface area contributed by atoms with Crippen LogP contribution in [0.2, 0.25) is 0 Å². The van der Waals surface area contributed by atoms with E-state index in [4.69, 9.17) is 14.7 Å². The summed E-state index contributed by atoms with van der Waals surface area (Å²) in [5.41, 5.74) is 3.19. The molecule has 0 saturated carbocycles. The summed E-state index contributed by atoms with van der Waals surface area (Å²) < 4.78 is 5.39. The number of rotatable bonds is 2. The standard InChI is InChI=1S/C21H22N4O2/c1-14-9-10-15(13-18(14)27-3)21(26)25-12-6-11-24(2)19-20(25)23-17-8-5-4-7-16(17)22-19/h4-5,7-10,13H,6,11-12H2,1-3H3. The van der Waals surface area contributed by atoms with Crippen molar-refractivity contribution in [2.75, 3.05) is 37.0 Å². The Kier molecular flexibility index (Phi) is 4.39. The molecule has 0 spiro atoms. The van der Waals surface area contributed by atoms with Crippen LogP contribution in [0.15, 0.2) is 42.5 Å². The van der Waals surface area contributed by atoms with Crippen LogP contribution in [0.25, 0.3) is 11.0 Å². The molecule has 0 saturated heterocycles. The molecular weight excluding hydrogens is 340 g/mol. The summed E-state index contributed by atoms with van der Waals surface area (Å²) in [5, 5.41) is 0. The van der Waals surface area contributed by atoms with Crippen LogP contribution < -0.4 is 14.5 Å². The lowest BCUT2D eigenvalue weighted by Crippen LogP contribution is -2.32. The summed E-state index contributed by atoms with van der Waals surface area (Å²) in [7, 11) is 3.61. The highest BCUT2D eigenvalue weighted by atomic mass is 16.5. The molecule has 0 aliphatic carbocycles. The Balaban J connectivity index is 1.83. The van der Waals surface area contributed by atoms with Gasteiger partial charge in [0.05, 0.1) is 18.1 Å². The van der Waals surface area contributed by atoms with Gasteiger partial charge in [-0.05, 0) is 43.2 Å². The minimum absolute atomic E-state index is 0.0885. The number of benzene rings is 2. The quantitative estimate of drug-likeness (QED) is 0.699. The molecule has 2 heterocycles. The average molecular weight is 362 g/mol. The molecule has 0 bridgehead atoms. The van der Waals surface area contributed by atoms with Crippen LogP contribution in [0.5, 0.6) is 5.75 Å². The summed E-state index contributed by atoms with van der Waals surface area (Å²) in [6.07, 6.45) is 0.847. The summed E-state index contributed by atoms with van der Waals surface area (Å²) in [4.78, 5) is 26.7. The Morgan fingerprint density at radius 1 is 1.04 bits per heavy atom. The number of hydrogen-bond donors (Lipinski definition) is 0. The summed E-state index contributed by atoms with van der Waals surface area (Å²) in [6.45, 7) is 3.38. The second-order valence-corrected chi connectivity index (χ2v) is 6.78. The van der Waals surface area contributed by atoms with Gasteiger partial charge in [0.2, 0.25) is 0 Å². The third-order valence-corrected chi connectivity index (χ3v) is 4.93. The lowest BCUT2D eigenvalue weighted by molar-refractivity contribution is 0.0986. The number of aryl methyl sites for hydroxylation is 1. The van der Waals surface area contributed by atoms with E-state index in [1.54, 1.807) is 18.1 Å². The van der Waals surface area contributed by atoms with Crippen molar-refractivity contribution in [3.8, 4) is 5.75 Å². The van der Waals surface area contributed by atoms with E-state index in [2.05, 4.69) is 4.90 Å². The first kappa shape index (κ1) is 17.3. The third kappa shape index (κ3) is 3.07. The van der Waals surface area contributed by atoms with Gasteiger partial charge in [-0.2, -0.15) is 0 Å². The van der Waals surface area contributed by atoms with Crippen LogP contribution >= 0.6 is 0 Å². The number of nitrogens with zero attached hydrogens (tertiary/aromatic N) is 4. The molecule has 1 aliphatic rings. The Bertz CT molecular complexity index is 1020. The first-order chi connectivity index (χ1) is 13.1. The zero-order chi connectivity index (χ0) is 19.0. The monoisotopic (exact) mass is 362 g/mol. The van der Waals surface area contributed by atoms with Gasteiger partial charge in [0.25, 0.3) is 5.91 Å². The highest BCUT2D eigenvalue weighted by molar-refractivity contribution is 6.07. The molecule has 1 aromatic heterocycles. The van der Waals surface area contributed by atoms with E-state index in [1.807, 2.05) is 50.4 Å². The molecular formula is C21H22N4O2. The molecule has 0 fully saturated rings. The predicted octanol–water partition coefficient (Wildman–Crippen LogP) is 3.43. The Morgan fingerprint density at radius 2 is 1.74 bits per heavy atom. The normalized spacial score (nSPS) is 14.0. The second kappa shape index (κ2) is 6.87. The van der Waals surface area contributed by atoms with Crippen molar-refractivity contribution >= 4 is 28.6 Å². The number of methoxy groups -OCH3 is 1. The fourth-order valence-corrected chi connectivity index (χ4v) is 3.40. The number of anilines is 2. The Morgan fingerprint density at radius 3 is 2.44 bits per heavy atom. The fraction of sp³-hybridized carbons (Fsp3) is 0.286. The van der Waals surface area contributed by atoms with E-state index in [1.165, 1.54) is 0 Å². The number of carbonyl (C=O) groups is 1. The van der Waals surface area contributed by atoms with Crippen LogP contribution in [-0.4, -0.2) is 43.1 Å². The molecule has 3 aromatic rings. The first-order valence-electron chi connectivity index (χ1n) is 9.03. The Labute approximate surface area is 158 Å². The molecule has 6 nitrogen and oxygen atoms in total. The fourth-order valence-electron chi connectivity index (χ4n) is 3.40. The number of fused-ring (bicyclic) bond motifs is 2. The average Bonchev–Trinajstić information content (AvgIpc) is 2.85. The van der Waals surface area contributed by atoms with E-state index >= 15 is 0 Å². The topological polar surface area (TPSA) is 58.6 Å². The second-order valence-electron chi connectivity index (χ2n) is 6.78. The van der Waals surface area contributed by atoms with E-state index in [-0.39, 0.29) is 5.91 Å². The zero-order valence-corrected chi connectivity index (χ0v) is 15.8. The van der Waals surface area contributed by atoms with Crippen LogP contribution in [0.1, 0.15) is 22.3 Å². The largest absolute Gasteiger partial charge is 0.496 e. The van der Waals surface area contributed by atoms with Gasteiger partial charge in [-0.25, -0.2) is 9.97 Å². The zero-order valence-electron chi connectivity index (χ0n) is 15.8. The summed E-state index contributed by atoms with van der Waals surface area (Å²) in [5.74, 6) is 1.96. The number of aromatic nitrogens is 2. The third-order valence-electron chi connectivity index (χ3n) is 4.93. The molecule has 6 heteroatoms. The van der Waals surface area contributed by atoms with E-state index in [0.29, 0.717) is 23.7 Å². The number of hydrogen-bond acceptors (Lipinski definition) is 5. The maximum atomic E-state index is 13.3.